The molecular weight excluding hydrogens is 256 g/mol. The van der Waals surface area contributed by atoms with Crippen LogP contribution in [0, 0.1) is 12.3 Å². The summed E-state index contributed by atoms with van der Waals surface area (Å²) < 4.78 is 5.75. The molecule has 0 spiro atoms. The largest absolute Gasteiger partial charge is 0.378 e. The number of thiophene rings is 1. The number of rotatable bonds is 6. The smallest absolute Gasteiger partial charge is 0.0662 e. The second kappa shape index (κ2) is 5.52. The topological polar surface area (TPSA) is 47.3 Å². The van der Waals surface area contributed by atoms with Crippen LogP contribution in [-0.2, 0) is 11.3 Å². The van der Waals surface area contributed by atoms with E-state index in [1.54, 1.807) is 0 Å². The fourth-order valence-electron chi connectivity index (χ4n) is 2.80. The van der Waals surface area contributed by atoms with Gasteiger partial charge < -0.3 is 15.8 Å². The molecule has 0 aromatic carbocycles. The van der Waals surface area contributed by atoms with Crippen LogP contribution in [-0.4, -0.2) is 24.8 Å². The first-order chi connectivity index (χ1) is 8.89. The number of ether oxygens (including phenoxy) is 1. The Morgan fingerprint density at radius 2 is 2.21 bits per heavy atom. The molecule has 0 saturated heterocycles. The normalized spacial score (nSPS) is 29.2. The first-order valence-corrected chi connectivity index (χ1v) is 7.87. The highest BCUT2D eigenvalue weighted by Crippen LogP contribution is 2.49. The molecule has 1 aromatic rings. The molecule has 108 valence electrons. The minimum atomic E-state index is -0.154. The van der Waals surface area contributed by atoms with Gasteiger partial charge in [0.25, 0.3) is 0 Å². The van der Waals surface area contributed by atoms with Gasteiger partial charge in [0.15, 0.2) is 0 Å². The van der Waals surface area contributed by atoms with Crippen LogP contribution in [0.5, 0.6) is 0 Å². The molecule has 1 heterocycles. The van der Waals surface area contributed by atoms with E-state index in [4.69, 9.17) is 10.5 Å². The third kappa shape index (κ3) is 2.87. The van der Waals surface area contributed by atoms with Crippen molar-refractivity contribution in [2.45, 2.75) is 52.3 Å². The van der Waals surface area contributed by atoms with Crippen LogP contribution in [0.3, 0.4) is 0 Å². The zero-order valence-electron chi connectivity index (χ0n) is 12.5. The van der Waals surface area contributed by atoms with Crippen LogP contribution in [0.2, 0.25) is 0 Å². The second-order valence-electron chi connectivity index (χ2n) is 6.14. The third-order valence-electron chi connectivity index (χ3n) is 4.54. The van der Waals surface area contributed by atoms with Gasteiger partial charge in [-0.15, -0.1) is 11.3 Å². The Kier molecular flexibility index (Phi) is 4.35. The van der Waals surface area contributed by atoms with Crippen LogP contribution in [0.15, 0.2) is 12.1 Å². The molecule has 3 nitrogen and oxygen atoms in total. The average molecular weight is 282 g/mol. The molecule has 1 aliphatic rings. The van der Waals surface area contributed by atoms with Crippen molar-refractivity contribution in [3.05, 3.63) is 21.9 Å². The lowest BCUT2D eigenvalue weighted by Gasteiger charge is -2.59. The monoisotopic (exact) mass is 282 g/mol. The summed E-state index contributed by atoms with van der Waals surface area (Å²) in [5.41, 5.74) is 6.42. The predicted molar refractivity (Wildman–Crippen MR) is 81.5 cm³/mol. The molecular formula is C15H26N2OS. The summed E-state index contributed by atoms with van der Waals surface area (Å²) in [6.07, 6.45) is 1.25. The summed E-state index contributed by atoms with van der Waals surface area (Å²) in [5.74, 6) is 0. The first-order valence-electron chi connectivity index (χ1n) is 7.05. The Hall–Kier alpha value is -0.420. The third-order valence-corrected chi connectivity index (χ3v) is 5.54. The van der Waals surface area contributed by atoms with Crippen molar-refractivity contribution in [2.75, 3.05) is 13.2 Å². The Bertz CT molecular complexity index is 430. The summed E-state index contributed by atoms with van der Waals surface area (Å²) >= 11 is 1.84. The first kappa shape index (κ1) is 15.0. The zero-order chi connectivity index (χ0) is 14.1. The lowest BCUT2D eigenvalue weighted by molar-refractivity contribution is -0.148. The van der Waals surface area contributed by atoms with Crippen LogP contribution in [0.4, 0.5) is 0 Å². The van der Waals surface area contributed by atoms with E-state index < -0.39 is 0 Å². The molecule has 19 heavy (non-hydrogen) atoms. The van der Waals surface area contributed by atoms with Gasteiger partial charge in [0.1, 0.15) is 0 Å². The van der Waals surface area contributed by atoms with Crippen molar-refractivity contribution in [1.29, 1.82) is 0 Å². The Balaban J connectivity index is 1.83. The van der Waals surface area contributed by atoms with E-state index in [1.807, 2.05) is 18.3 Å². The van der Waals surface area contributed by atoms with Gasteiger partial charge in [0.2, 0.25) is 0 Å². The quantitative estimate of drug-likeness (QED) is 0.843. The van der Waals surface area contributed by atoms with Gasteiger partial charge in [0, 0.05) is 40.4 Å². The molecule has 0 radical (unpaired) electrons. The minimum absolute atomic E-state index is 0.0430. The van der Waals surface area contributed by atoms with E-state index in [0.717, 1.165) is 26.1 Å². The Morgan fingerprint density at radius 3 is 2.74 bits per heavy atom. The summed E-state index contributed by atoms with van der Waals surface area (Å²) in [6, 6.07) is 4.35. The van der Waals surface area contributed by atoms with Crippen molar-refractivity contribution in [1.82, 2.24) is 5.32 Å². The molecule has 4 heteroatoms. The van der Waals surface area contributed by atoms with Gasteiger partial charge in [-0.2, -0.15) is 0 Å². The van der Waals surface area contributed by atoms with Gasteiger partial charge in [-0.3, -0.25) is 0 Å². The van der Waals surface area contributed by atoms with E-state index in [2.05, 4.69) is 38.2 Å². The van der Waals surface area contributed by atoms with Gasteiger partial charge in [-0.05, 0) is 32.4 Å². The molecule has 0 amide bonds. The molecule has 1 aliphatic carbocycles. The SMILES string of the molecule is CCOC1CC(N)(CNCc2ccc(C)s2)C1(C)C. The summed E-state index contributed by atoms with van der Waals surface area (Å²) in [7, 11) is 0. The van der Waals surface area contributed by atoms with E-state index in [9.17, 15) is 0 Å². The molecule has 2 rings (SSSR count). The molecule has 3 N–H and O–H groups in total. The van der Waals surface area contributed by atoms with Crippen molar-refractivity contribution < 1.29 is 4.74 Å². The van der Waals surface area contributed by atoms with E-state index in [-0.39, 0.29) is 11.0 Å². The van der Waals surface area contributed by atoms with Gasteiger partial charge in [-0.1, -0.05) is 13.8 Å². The highest BCUT2D eigenvalue weighted by Gasteiger charge is 2.58. The molecule has 1 aromatic heterocycles. The molecule has 1 fully saturated rings. The maximum absolute atomic E-state index is 6.53. The fourth-order valence-corrected chi connectivity index (χ4v) is 3.66. The number of nitrogens with two attached hydrogens (primary N) is 1. The molecule has 1 saturated carbocycles. The maximum atomic E-state index is 6.53. The van der Waals surface area contributed by atoms with E-state index >= 15 is 0 Å². The second-order valence-corrected chi connectivity index (χ2v) is 7.51. The fraction of sp³-hybridized carbons (Fsp3) is 0.733. The number of hydrogen-bond acceptors (Lipinski definition) is 4. The van der Waals surface area contributed by atoms with E-state index in [0.29, 0.717) is 6.10 Å². The zero-order valence-corrected chi connectivity index (χ0v) is 13.3. The molecule has 2 unspecified atom stereocenters. The summed E-state index contributed by atoms with van der Waals surface area (Å²) in [6.45, 7) is 11.1. The van der Waals surface area contributed by atoms with Crippen molar-refractivity contribution in [3.63, 3.8) is 0 Å². The lowest BCUT2D eigenvalue weighted by Crippen LogP contribution is -2.73. The number of nitrogens with one attached hydrogen (secondary N) is 1. The van der Waals surface area contributed by atoms with Crippen molar-refractivity contribution in [2.24, 2.45) is 11.1 Å². The maximum Gasteiger partial charge on any atom is 0.0662 e. The highest BCUT2D eigenvalue weighted by atomic mass is 32.1. The molecule has 0 bridgehead atoms. The predicted octanol–water partition coefficient (Wildman–Crippen LogP) is 2.68. The van der Waals surface area contributed by atoms with Crippen molar-refractivity contribution in [3.8, 4) is 0 Å². The summed E-state index contributed by atoms with van der Waals surface area (Å²) in [5, 5.41) is 3.51. The number of hydrogen-bond donors (Lipinski definition) is 2. The van der Waals surface area contributed by atoms with Gasteiger partial charge >= 0.3 is 0 Å². The minimum Gasteiger partial charge on any atom is -0.378 e. The van der Waals surface area contributed by atoms with Crippen LogP contribution >= 0.6 is 11.3 Å². The van der Waals surface area contributed by atoms with Crippen LogP contribution in [0.1, 0.15) is 36.9 Å². The Morgan fingerprint density at radius 1 is 1.47 bits per heavy atom. The lowest BCUT2D eigenvalue weighted by atomic mass is 9.54. The average Bonchev–Trinajstić information content (AvgIpc) is 2.75. The summed E-state index contributed by atoms with van der Waals surface area (Å²) in [4.78, 5) is 2.74. The van der Waals surface area contributed by atoms with Crippen LogP contribution < -0.4 is 11.1 Å². The van der Waals surface area contributed by atoms with Gasteiger partial charge in [-0.25, -0.2) is 0 Å². The van der Waals surface area contributed by atoms with E-state index in [1.165, 1.54) is 9.75 Å². The highest BCUT2D eigenvalue weighted by molar-refractivity contribution is 7.11. The molecule has 2 atom stereocenters. The van der Waals surface area contributed by atoms with Crippen LogP contribution in [0.25, 0.3) is 0 Å². The van der Waals surface area contributed by atoms with Crippen molar-refractivity contribution >= 4 is 11.3 Å². The van der Waals surface area contributed by atoms with Gasteiger partial charge in [0.05, 0.1) is 6.10 Å². The standard InChI is InChI=1S/C15H26N2OS/c1-5-18-13-8-15(16,14(13,3)4)10-17-9-12-7-6-11(2)19-12/h6-7,13,17H,5,8-10,16H2,1-4H3. The molecule has 0 aliphatic heterocycles. The Labute approximate surface area is 120 Å². The number of aryl methyl sites for hydroxylation is 1.